The normalized spacial score (nSPS) is 15.4. The molecular weight excluding hydrogens is 450 g/mol. The van der Waals surface area contributed by atoms with Crippen LogP contribution in [0.15, 0.2) is 42.5 Å². The van der Waals surface area contributed by atoms with Crippen LogP contribution in [0.2, 0.25) is 5.02 Å². The average molecular weight is 478 g/mol. The largest absolute Gasteiger partial charge is 0.334 e. The summed E-state index contributed by atoms with van der Waals surface area (Å²) in [7, 11) is 0. The van der Waals surface area contributed by atoms with E-state index in [1.165, 1.54) is 0 Å². The van der Waals surface area contributed by atoms with Crippen molar-refractivity contribution in [1.82, 2.24) is 19.6 Å². The van der Waals surface area contributed by atoms with E-state index in [4.69, 9.17) is 16.7 Å². The van der Waals surface area contributed by atoms with Gasteiger partial charge in [0.1, 0.15) is 0 Å². The smallest absolute Gasteiger partial charge is 0.321 e. The minimum absolute atomic E-state index is 0.0455. The molecule has 7 nitrogen and oxygen atoms in total. The van der Waals surface area contributed by atoms with Crippen LogP contribution in [0.5, 0.6) is 0 Å². The molecule has 1 aromatic heterocycles. The van der Waals surface area contributed by atoms with E-state index in [0.717, 1.165) is 47.3 Å². The SMILES string of the molecule is Cc1ccc(NC(=O)N2CCN(C(=O)c3nn(-c4ccccc4C)c4c3CCC4)CC2)cc1Cl. The summed E-state index contributed by atoms with van der Waals surface area (Å²) in [6.45, 7) is 5.88. The van der Waals surface area contributed by atoms with Gasteiger partial charge in [0.25, 0.3) is 5.91 Å². The number of halogens is 1. The van der Waals surface area contributed by atoms with Crippen molar-refractivity contribution in [2.45, 2.75) is 33.1 Å². The van der Waals surface area contributed by atoms with Crippen molar-refractivity contribution >= 4 is 29.2 Å². The standard InChI is InChI=1S/C26H28ClN5O2/c1-17-10-11-19(16-21(17)27)28-26(34)31-14-12-30(13-15-31)25(33)24-20-7-5-9-23(20)32(29-24)22-8-4-3-6-18(22)2/h3-4,6,8,10-11,16H,5,7,9,12-15H2,1-2H3,(H,28,34). The van der Waals surface area contributed by atoms with Crippen LogP contribution in [0.25, 0.3) is 5.69 Å². The summed E-state index contributed by atoms with van der Waals surface area (Å²) in [4.78, 5) is 29.7. The highest BCUT2D eigenvalue weighted by molar-refractivity contribution is 6.31. The number of carbonyl (C=O) groups excluding carboxylic acids is 2. The lowest BCUT2D eigenvalue weighted by molar-refractivity contribution is 0.0664. The molecule has 34 heavy (non-hydrogen) atoms. The van der Waals surface area contributed by atoms with Crippen molar-refractivity contribution in [2.75, 3.05) is 31.5 Å². The van der Waals surface area contributed by atoms with Crippen LogP contribution in [0.1, 0.15) is 39.3 Å². The summed E-state index contributed by atoms with van der Waals surface area (Å²) < 4.78 is 1.96. The molecule has 0 spiro atoms. The molecule has 0 bridgehead atoms. The van der Waals surface area contributed by atoms with Crippen molar-refractivity contribution in [2.24, 2.45) is 0 Å². The van der Waals surface area contributed by atoms with Crippen molar-refractivity contribution in [1.29, 1.82) is 0 Å². The highest BCUT2D eigenvalue weighted by Gasteiger charge is 2.32. The zero-order valence-electron chi connectivity index (χ0n) is 19.5. The minimum atomic E-state index is -0.184. The maximum Gasteiger partial charge on any atom is 0.321 e. The molecular formula is C26H28ClN5O2. The van der Waals surface area contributed by atoms with E-state index < -0.39 is 0 Å². The first-order valence-corrected chi connectivity index (χ1v) is 12.1. The molecule has 1 N–H and O–H groups in total. The summed E-state index contributed by atoms with van der Waals surface area (Å²) in [5.74, 6) is -0.0455. The number of amides is 3. The molecule has 5 rings (SSSR count). The molecule has 0 unspecified atom stereocenters. The van der Waals surface area contributed by atoms with Crippen LogP contribution < -0.4 is 5.32 Å². The summed E-state index contributed by atoms with van der Waals surface area (Å²) in [5, 5.41) is 8.30. The summed E-state index contributed by atoms with van der Waals surface area (Å²) >= 11 is 6.17. The second-order valence-electron chi connectivity index (χ2n) is 9.00. The number of urea groups is 1. The summed E-state index contributed by atoms with van der Waals surface area (Å²) in [6, 6.07) is 13.4. The predicted octanol–water partition coefficient (Wildman–Crippen LogP) is 4.62. The lowest BCUT2D eigenvalue weighted by atomic mass is 10.1. The van der Waals surface area contributed by atoms with Gasteiger partial charge in [-0.1, -0.05) is 35.9 Å². The van der Waals surface area contributed by atoms with Gasteiger partial charge in [-0.25, -0.2) is 9.48 Å². The molecule has 1 aliphatic heterocycles. The first kappa shape index (κ1) is 22.5. The van der Waals surface area contributed by atoms with Gasteiger partial charge >= 0.3 is 6.03 Å². The molecule has 0 atom stereocenters. The monoisotopic (exact) mass is 477 g/mol. The molecule has 2 aliphatic rings. The van der Waals surface area contributed by atoms with Crippen LogP contribution >= 0.6 is 11.6 Å². The number of anilines is 1. The molecule has 2 aromatic carbocycles. The van der Waals surface area contributed by atoms with E-state index in [9.17, 15) is 9.59 Å². The second kappa shape index (κ2) is 9.14. The maximum absolute atomic E-state index is 13.4. The number of aryl methyl sites for hydroxylation is 2. The number of nitrogens with one attached hydrogen (secondary N) is 1. The number of hydrogen-bond acceptors (Lipinski definition) is 3. The van der Waals surface area contributed by atoms with E-state index in [0.29, 0.717) is 42.6 Å². The van der Waals surface area contributed by atoms with Gasteiger partial charge in [0.2, 0.25) is 0 Å². The molecule has 8 heteroatoms. The van der Waals surface area contributed by atoms with Gasteiger partial charge in [0.15, 0.2) is 5.69 Å². The number of hydrogen-bond donors (Lipinski definition) is 1. The number of aromatic nitrogens is 2. The Hall–Kier alpha value is -3.32. The number of nitrogens with zero attached hydrogens (tertiary/aromatic N) is 4. The topological polar surface area (TPSA) is 70.5 Å². The third kappa shape index (κ3) is 4.16. The number of benzene rings is 2. The first-order chi connectivity index (χ1) is 16.4. The molecule has 1 fully saturated rings. The Morgan fingerprint density at radius 2 is 1.68 bits per heavy atom. The molecule has 1 aliphatic carbocycles. The van der Waals surface area contributed by atoms with E-state index in [2.05, 4.69) is 18.3 Å². The summed E-state index contributed by atoms with van der Waals surface area (Å²) in [5.41, 5.74) is 6.56. The zero-order chi connectivity index (χ0) is 23.8. The van der Waals surface area contributed by atoms with E-state index in [1.54, 1.807) is 11.0 Å². The fourth-order valence-corrected chi connectivity index (χ4v) is 4.93. The van der Waals surface area contributed by atoms with Gasteiger partial charge < -0.3 is 15.1 Å². The van der Waals surface area contributed by atoms with Crippen LogP contribution in [0.4, 0.5) is 10.5 Å². The van der Waals surface area contributed by atoms with Crippen LogP contribution in [-0.2, 0) is 12.8 Å². The van der Waals surface area contributed by atoms with E-state index in [1.807, 2.05) is 46.8 Å². The minimum Gasteiger partial charge on any atom is -0.334 e. The lowest BCUT2D eigenvalue weighted by Gasteiger charge is -2.34. The number of piperazine rings is 1. The third-order valence-electron chi connectivity index (χ3n) is 6.75. The Morgan fingerprint density at radius 1 is 0.941 bits per heavy atom. The van der Waals surface area contributed by atoms with Gasteiger partial charge in [0, 0.05) is 48.1 Å². The Kier molecular flexibility index (Phi) is 6.04. The number of fused-ring (bicyclic) bond motifs is 1. The lowest BCUT2D eigenvalue weighted by Crippen LogP contribution is -2.51. The highest BCUT2D eigenvalue weighted by Crippen LogP contribution is 2.30. The van der Waals surface area contributed by atoms with Gasteiger partial charge in [-0.05, 0) is 62.4 Å². The molecule has 0 saturated carbocycles. The number of para-hydroxylation sites is 1. The number of rotatable bonds is 3. The molecule has 2 heterocycles. The Balaban J connectivity index is 1.27. The number of carbonyl (C=O) groups is 2. The fourth-order valence-electron chi connectivity index (χ4n) is 4.75. The third-order valence-corrected chi connectivity index (χ3v) is 7.16. The van der Waals surface area contributed by atoms with Gasteiger partial charge in [-0.3, -0.25) is 4.79 Å². The predicted molar refractivity (Wildman–Crippen MR) is 133 cm³/mol. The van der Waals surface area contributed by atoms with E-state index in [-0.39, 0.29) is 11.9 Å². The van der Waals surface area contributed by atoms with Crippen molar-refractivity contribution < 1.29 is 9.59 Å². The van der Waals surface area contributed by atoms with Crippen LogP contribution in [0.3, 0.4) is 0 Å². The molecule has 1 saturated heterocycles. The van der Waals surface area contributed by atoms with Crippen LogP contribution in [-0.4, -0.2) is 57.7 Å². The summed E-state index contributed by atoms with van der Waals surface area (Å²) in [6.07, 6.45) is 2.85. The highest BCUT2D eigenvalue weighted by atomic mass is 35.5. The van der Waals surface area contributed by atoms with Crippen molar-refractivity contribution in [3.8, 4) is 5.69 Å². The quantitative estimate of drug-likeness (QED) is 0.598. The fraction of sp³-hybridized carbons (Fsp3) is 0.346. The van der Waals surface area contributed by atoms with E-state index >= 15 is 0 Å². The zero-order valence-corrected chi connectivity index (χ0v) is 20.2. The Labute approximate surface area is 204 Å². The van der Waals surface area contributed by atoms with Crippen LogP contribution in [0, 0.1) is 13.8 Å². The maximum atomic E-state index is 13.4. The molecule has 0 radical (unpaired) electrons. The van der Waals surface area contributed by atoms with Gasteiger partial charge in [0.05, 0.1) is 5.69 Å². The second-order valence-corrected chi connectivity index (χ2v) is 9.41. The Morgan fingerprint density at radius 3 is 2.41 bits per heavy atom. The van der Waals surface area contributed by atoms with Gasteiger partial charge in [-0.15, -0.1) is 0 Å². The van der Waals surface area contributed by atoms with Gasteiger partial charge in [-0.2, -0.15) is 5.10 Å². The molecule has 3 amide bonds. The average Bonchev–Trinajstić information content (AvgIpc) is 3.45. The van der Waals surface area contributed by atoms with Crippen molar-refractivity contribution in [3.05, 3.63) is 75.6 Å². The first-order valence-electron chi connectivity index (χ1n) is 11.7. The van der Waals surface area contributed by atoms with Crippen molar-refractivity contribution in [3.63, 3.8) is 0 Å². The molecule has 176 valence electrons. The molecule has 3 aromatic rings. The Bertz CT molecular complexity index is 1260.